The maximum absolute atomic E-state index is 11.6. The number of aromatic nitrogens is 5. The van der Waals surface area contributed by atoms with Crippen LogP contribution in [-0.2, 0) is 6.54 Å². The van der Waals surface area contributed by atoms with Gasteiger partial charge in [0.1, 0.15) is 11.6 Å². The zero-order valence-corrected chi connectivity index (χ0v) is 11.7. The first-order valence-electron chi connectivity index (χ1n) is 5.91. The second-order valence-electron chi connectivity index (χ2n) is 4.31. The van der Waals surface area contributed by atoms with Gasteiger partial charge in [0.25, 0.3) is 5.89 Å². The first-order chi connectivity index (χ1) is 9.61. The van der Waals surface area contributed by atoms with Gasteiger partial charge in [-0.1, -0.05) is 16.5 Å². The summed E-state index contributed by atoms with van der Waals surface area (Å²) in [6, 6.07) is 1.91. The van der Waals surface area contributed by atoms with Crippen LogP contribution in [0.2, 0.25) is 0 Å². The van der Waals surface area contributed by atoms with Gasteiger partial charge in [-0.25, -0.2) is 4.68 Å². The molecule has 3 heterocycles. The highest BCUT2D eigenvalue weighted by atomic mass is 32.1. The van der Waals surface area contributed by atoms with Crippen LogP contribution in [-0.4, -0.2) is 24.9 Å². The Morgan fingerprint density at radius 3 is 2.90 bits per heavy atom. The van der Waals surface area contributed by atoms with E-state index in [0.29, 0.717) is 16.7 Å². The van der Waals surface area contributed by atoms with Crippen LogP contribution in [0.3, 0.4) is 0 Å². The van der Waals surface area contributed by atoms with Crippen molar-refractivity contribution in [3.05, 3.63) is 44.5 Å². The topological polar surface area (TPSA) is 86.7 Å². The van der Waals surface area contributed by atoms with E-state index in [0.717, 1.165) is 22.5 Å². The number of pyridine rings is 1. The summed E-state index contributed by atoms with van der Waals surface area (Å²) in [5, 5.41) is 8.66. The Labute approximate surface area is 117 Å². The summed E-state index contributed by atoms with van der Waals surface area (Å²) < 4.78 is 6.51. The van der Waals surface area contributed by atoms with Crippen molar-refractivity contribution in [2.45, 2.75) is 20.4 Å². The van der Waals surface area contributed by atoms with Crippen LogP contribution >= 0.6 is 11.3 Å². The average Bonchev–Trinajstić information content (AvgIpc) is 2.97. The molecule has 0 N–H and O–H groups in total. The number of nitrogens with zero attached hydrogens (tertiary/aromatic N) is 5. The Hall–Kier alpha value is -2.35. The normalized spacial score (nSPS) is 10.9. The van der Waals surface area contributed by atoms with Crippen molar-refractivity contribution < 1.29 is 4.52 Å². The summed E-state index contributed by atoms with van der Waals surface area (Å²) in [4.78, 5) is 19.8. The predicted molar refractivity (Wildman–Crippen MR) is 72.5 cm³/mol. The van der Waals surface area contributed by atoms with Crippen LogP contribution < -0.4 is 4.87 Å². The van der Waals surface area contributed by atoms with Gasteiger partial charge in [0.05, 0.1) is 5.56 Å². The van der Waals surface area contributed by atoms with E-state index in [-0.39, 0.29) is 11.4 Å². The smallest absolute Gasteiger partial charge is 0.325 e. The molecule has 0 unspecified atom stereocenters. The molecular formula is C12H11N5O2S. The van der Waals surface area contributed by atoms with E-state index >= 15 is 0 Å². The Bertz CT molecular complexity index is 804. The van der Waals surface area contributed by atoms with Gasteiger partial charge in [-0.3, -0.25) is 9.78 Å². The van der Waals surface area contributed by atoms with Gasteiger partial charge in [0, 0.05) is 12.4 Å². The van der Waals surface area contributed by atoms with E-state index in [1.807, 2.05) is 13.0 Å². The fourth-order valence-electron chi connectivity index (χ4n) is 1.75. The quantitative estimate of drug-likeness (QED) is 0.724. The molecule has 0 amide bonds. The van der Waals surface area contributed by atoms with Gasteiger partial charge < -0.3 is 4.52 Å². The fourth-order valence-corrected chi connectivity index (χ4v) is 2.35. The van der Waals surface area contributed by atoms with E-state index in [2.05, 4.69) is 20.2 Å². The van der Waals surface area contributed by atoms with E-state index in [4.69, 9.17) is 4.52 Å². The highest BCUT2D eigenvalue weighted by Gasteiger charge is 2.12. The molecule has 0 aliphatic heterocycles. The molecule has 0 saturated heterocycles. The molecule has 0 spiro atoms. The second-order valence-corrected chi connectivity index (χ2v) is 5.46. The molecular weight excluding hydrogens is 278 g/mol. The van der Waals surface area contributed by atoms with Gasteiger partial charge in [-0.05, 0) is 25.5 Å². The van der Waals surface area contributed by atoms with Crippen molar-refractivity contribution in [1.82, 2.24) is 24.9 Å². The minimum absolute atomic E-state index is 0.133. The molecule has 0 bridgehead atoms. The van der Waals surface area contributed by atoms with Crippen molar-refractivity contribution in [3.8, 4) is 11.5 Å². The van der Waals surface area contributed by atoms with Gasteiger partial charge in [-0.2, -0.15) is 10.1 Å². The average molecular weight is 289 g/mol. The number of hydrogen-bond acceptors (Lipinski definition) is 7. The zero-order valence-electron chi connectivity index (χ0n) is 10.9. The van der Waals surface area contributed by atoms with Crippen molar-refractivity contribution in [3.63, 3.8) is 0 Å². The highest BCUT2D eigenvalue weighted by molar-refractivity contribution is 7.08. The first-order valence-corrected chi connectivity index (χ1v) is 6.72. The summed E-state index contributed by atoms with van der Waals surface area (Å²) >= 11 is 1.09. The lowest BCUT2D eigenvalue weighted by Gasteiger charge is -1.94. The molecule has 0 fully saturated rings. The molecule has 0 aliphatic rings. The largest absolute Gasteiger partial charge is 0.334 e. The summed E-state index contributed by atoms with van der Waals surface area (Å²) in [6.07, 6.45) is 3.40. The first kappa shape index (κ1) is 12.7. The fraction of sp³-hybridized carbons (Fsp3) is 0.250. The third-order valence-corrected chi connectivity index (χ3v) is 3.35. The monoisotopic (exact) mass is 289 g/mol. The maximum Gasteiger partial charge on any atom is 0.325 e. The van der Waals surface area contributed by atoms with Crippen LogP contribution in [0.25, 0.3) is 11.5 Å². The van der Waals surface area contributed by atoms with Gasteiger partial charge in [0.2, 0.25) is 0 Å². The Balaban J connectivity index is 1.87. The third kappa shape index (κ3) is 2.50. The third-order valence-electron chi connectivity index (χ3n) is 2.59. The van der Waals surface area contributed by atoms with Crippen LogP contribution in [0.5, 0.6) is 0 Å². The Morgan fingerprint density at radius 2 is 2.20 bits per heavy atom. The minimum atomic E-state index is -0.133. The Kier molecular flexibility index (Phi) is 3.15. The highest BCUT2D eigenvalue weighted by Crippen LogP contribution is 2.17. The molecule has 7 nitrogen and oxygen atoms in total. The standard InChI is InChI=1S/C12H11N5O2S/c1-7-3-9(5-13-4-7)11-14-10(16-19-11)6-17-12(18)20-8(2)15-17/h3-5H,6H2,1-2H3. The molecule has 0 atom stereocenters. The molecule has 0 aromatic carbocycles. The molecule has 20 heavy (non-hydrogen) atoms. The molecule has 0 saturated carbocycles. The molecule has 3 aromatic rings. The summed E-state index contributed by atoms with van der Waals surface area (Å²) in [5.74, 6) is 0.796. The van der Waals surface area contributed by atoms with Gasteiger partial charge in [0.15, 0.2) is 5.82 Å². The molecule has 102 valence electrons. The van der Waals surface area contributed by atoms with Gasteiger partial charge in [-0.15, -0.1) is 0 Å². The minimum Gasteiger partial charge on any atom is -0.334 e. The second kappa shape index (κ2) is 4.97. The van der Waals surface area contributed by atoms with E-state index < -0.39 is 0 Å². The van der Waals surface area contributed by atoms with Crippen molar-refractivity contribution >= 4 is 11.3 Å². The summed E-state index contributed by atoms with van der Waals surface area (Å²) in [5.41, 5.74) is 1.76. The zero-order chi connectivity index (χ0) is 14.1. The Morgan fingerprint density at radius 1 is 1.35 bits per heavy atom. The maximum atomic E-state index is 11.6. The van der Waals surface area contributed by atoms with E-state index in [1.54, 1.807) is 19.3 Å². The number of aryl methyl sites for hydroxylation is 2. The summed E-state index contributed by atoms with van der Waals surface area (Å²) in [6.45, 7) is 3.92. The van der Waals surface area contributed by atoms with Crippen LogP contribution in [0, 0.1) is 13.8 Å². The molecule has 0 aliphatic carbocycles. The lowest BCUT2D eigenvalue weighted by molar-refractivity contribution is 0.418. The van der Waals surface area contributed by atoms with Crippen molar-refractivity contribution in [1.29, 1.82) is 0 Å². The van der Waals surface area contributed by atoms with Gasteiger partial charge >= 0.3 is 4.87 Å². The summed E-state index contributed by atoms with van der Waals surface area (Å²) in [7, 11) is 0. The van der Waals surface area contributed by atoms with Crippen LogP contribution in [0.1, 0.15) is 16.4 Å². The molecule has 8 heteroatoms. The molecule has 3 aromatic heterocycles. The van der Waals surface area contributed by atoms with E-state index in [9.17, 15) is 4.79 Å². The van der Waals surface area contributed by atoms with Crippen LogP contribution in [0.4, 0.5) is 0 Å². The molecule has 0 radical (unpaired) electrons. The van der Waals surface area contributed by atoms with E-state index in [1.165, 1.54) is 4.68 Å². The SMILES string of the molecule is Cc1cncc(-c2nc(Cn3nc(C)sc3=O)no2)c1. The number of hydrogen-bond donors (Lipinski definition) is 0. The number of rotatable bonds is 3. The lowest BCUT2D eigenvalue weighted by atomic mass is 10.2. The predicted octanol–water partition coefficient (Wildman–Crippen LogP) is 1.41. The molecule has 3 rings (SSSR count). The van der Waals surface area contributed by atoms with Crippen molar-refractivity contribution in [2.24, 2.45) is 0 Å². The van der Waals surface area contributed by atoms with Crippen LogP contribution in [0.15, 0.2) is 27.8 Å². The lowest BCUT2D eigenvalue weighted by Crippen LogP contribution is -2.16. The van der Waals surface area contributed by atoms with Crippen molar-refractivity contribution in [2.75, 3.05) is 0 Å².